The van der Waals surface area contributed by atoms with Crippen molar-refractivity contribution < 1.29 is 0 Å². The Morgan fingerprint density at radius 3 is 1.31 bits per heavy atom. The largest absolute Gasteiger partial charge is 0.267 e. The lowest BCUT2D eigenvalue weighted by Gasteiger charge is -2.24. The van der Waals surface area contributed by atoms with Crippen LogP contribution in [0.5, 0.6) is 0 Å². The molecule has 76 valence electrons. The smallest absolute Gasteiger partial charge is 0.144 e. The lowest BCUT2D eigenvalue weighted by Crippen LogP contribution is -2.24. The Hall–Kier alpha value is -0.660. The lowest BCUT2D eigenvalue weighted by molar-refractivity contribution is 0.331. The van der Waals surface area contributed by atoms with Gasteiger partial charge in [-0.2, -0.15) is 0 Å². The molecule has 0 atom stereocenters. The fourth-order valence-corrected chi connectivity index (χ4v) is 0.905. The Balaban J connectivity index is 4.79. The quantitative estimate of drug-likeness (QED) is 0.585. The van der Waals surface area contributed by atoms with Crippen molar-refractivity contribution in [1.29, 1.82) is 0 Å². The van der Waals surface area contributed by atoms with E-state index >= 15 is 0 Å². The molecule has 0 aliphatic rings. The van der Waals surface area contributed by atoms with Gasteiger partial charge in [0.25, 0.3) is 0 Å². The monoisotopic (exact) mass is 182 g/mol. The summed E-state index contributed by atoms with van der Waals surface area (Å²) in [5, 5.41) is 0. The minimum absolute atomic E-state index is 0.0579. The van der Waals surface area contributed by atoms with E-state index in [9.17, 15) is 0 Å². The van der Waals surface area contributed by atoms with E-state index in [1.54, 1.807) is 0 Å². The first kappa shape index (κ1) is 12.3. The van der Waals surface area contributed by atoms with Gasteiger partial charge in [-0.3, -0.25) is 9.98 Å². The van der Waals surface area contributed by atoms with Crippen molar-refractivity contribution in [1.82, 2.24) is 0 Å². The molecule has 0 aromatic carbocycles. The summed E-state index contributed by atoms with van der Waals surface area (Å²) in [7, 11) is 0. The van der Waals surface area contributed by atoms with Crippen LogP contribution in [0.4, 0.5) is 0 Å². The third-order valence-corrected chi connectivity index (χ3v) is 1.54. The van der Waals surface area contributed by atoms with Crippen LogP contribution in [0.3, 0.4) is 0 Å². The molecule has 13 heavy (non-hydrogen) atoms. The van der Waals surface area contributed by atoms with E-state index in [-0.39, 0.29) is 11.6 Å². The highest BCUT2D eigenvalue weighted by atomic mass is 15.0. The summed E-state index contributed by atoms with van der Waals surface area (Å²) in [6.07, 6.45) is 0.0579. The summed E-state index contributed by atoms with van der Waals surface area (Å²) < 4.78 is 0. The molecule has 0 heterocycles. The van der Waals surface area contributed by atoms with Gasteiger partial charge in [-0.1, -0.05) is 20.8 Å². The zero-order chi connectivity index (χ0) is 10.6. The Morgan fingerprint density at radius 2 is 1.15 bits per heavy atom. The second kappa shape index (κ2) is 4.54. The summed E-state index contributed by atoms with van der Waals surface area (Å²) in [5.41, 5.74) is 2.28. The van der Waals surface area contributed by atoms with Crippen LogP contribution in [0.1, 0.15) is 48.5 Å². The van der Waals surface area contributed by atoms with Gasteiger partial charge in [0.2, 0.25) is 0 Å². The molecule has 0 N–H and O–H groups in total. The van der Waals surface area contributed by atoms with E-state index in [4.69, 9.17) is 0 Å². The van der Waals surface area contributed by atoms with Crippen LogP contribution in [0, 0.1) is 5.41 Å². The van der Waals surface area contributed by atoms with Crippen molar-refractivity contribution in [3.05, 3.63) is 0 Å². The zero-order valence-corrected chi connectivity index (χ0v) is 9.97. The van der Waals surface area contributed by atoms with Crippen molar-refractivity contribution in [3.63, 3.8) is 0 Å². The number of aliphatic imine (C=N–C) groups is 2. The molecular formula is C11H22N2. The minimum Gasteiger partial charge on any atom is -0.267 e. The molecule has 0 bridgehead atoms. The van der Waals surface area contributed by atoms with Crippen LogP contribution >= 0.6 is 0 Å². The maximum absolute atomic E-state index is 4.52. The van der Waals surface area contributed by atoms with E-state index in [1.165, 1.54) is 0 Å². The Kier molecular flexibility index (Phi) is 4.31. The van der Waals surface area contributed by atoms with Crippen LogP contribution in [-0.2, 0) is 0 Å². The van der Waals surface area contributed by atoms with Crippen LogP contribution in [0.25, 0.3) is 0 Å². The molecule has 0 fully saturated rings. The van der Waals surface area contributed by atoms with Crippen LogP contribution < -0.4 is 0 Å². The van der Waals surface area contributed by atoms with E-state index < -0.39 is 0 Å². The van der Waals surface area contributed by atoms with Crippen molar-refractivity contribution in [2.75, 3.05) is 0 Å². The van der Waals surface area contributed by atoms with Gasteiger partial charge in [0.1, 0.15) is 6.17 Å². The highest BCUT2D eigenvalue weighted by molar-refractivity contribution is 5.81. The van der Waals surface area contributed by atoms with Gasteiger partial charge in [0, 0.05) is 16.8 Å². The maximum Gasteiger partial charge on any atom is 0.144 e. The number of hydrogen-bond acceptors (Lipinski definition) is 2. The summed E-state index contributed by atoms with van der Waals surface area (Å²) in [4.78, 5) is 9.04. The van der Waals surface area contributed by atoms with E-state index in [2.05, 4.69) is 30.8 Å². The molecule has 0 aliphatic heterocycles. The molecule has 0 saturated carbocycles. The first-order chi connectivity index (χ1) is 5.73. The summed E-state index contributed by atoms with van der Waals surface area (Å²) in [6.45, 7) is 14.5. The molecule has 0 rings (SSSR count). The van der Waals surface area contributed by atoms with Gasteiger partial charge in [0.05, 0.1) is 0 Å². The predicted octanol–water partition coefficient (Wildman–Crippen LogP) is 3.32. The SMILES string of the molecule is CC(C)=NC(N=C(C)C)C(C)(C)C. The van der Waals surface area contributed by atoms with Crippen LogP contribution in [0.15, 0.2) is 9.98 Å². The maximum atomic E-state index is 4.52. The third-order valence-electron chi connectivity index (χ3n) is 1.54. The molecular weight excluding hydrogens is 160 g/mol. The second-order valence-electron chi connectivity index (χ2n) is 4.89. The molecule has 0 spiro atoms. The van der Waals surface area contributed by atoms with Gasteiger partial charge in [0.15, 0.2) is 0 Å². The molecule has 0 aromatic rings. The molecule has 0 aliphatic carbocycles. The Labute approximate surface area is 82.2 Å². The third kappa shape index (κ3) is 5.56. The van der Waals surface area contributed by atoms with Gasteiger partial charge in [-0.15, -0.1) is 0 Å². The summed E-state index contributed by atoms with van der Waals surface area (Å²) >= 11 is 0. The second-order valence-corrected chi connectivity index (χ2v) is 4.89. The van der Waals surface area contributed by atoms with Crippen LogP contribution in [0.2, 0.25) is 0 Å². The summed E-state index contributed by atoms with van der Waals surface area (Å²) in [5.74, 6) is 0. The zero-order valence-electron chi connectivity index (χ0n) is 9.97. The average molecular weight is 182 g/mol. The highest BCUT2D eigenvalue weighted by Crippen LogP contribution is 2.23. The standard InChI is InChI=1S/C11H22N2/c1-8(2)12-10(11(5,6)7)13-9(3)4/h10H,1-7H3. The fraction of sp³-hybridized carbons (Fsp3) is 0.818. The number of nitrogens with zero attached hydrogens (tertiary/aromatic N) is 2. The molecule has 0 radical (unpaired) electrons. The Morgan fingerprint density at radius 1 is 0.846 bits per heavy atom. The first-order valence-electron chi connectivity index (χ1n) is 4.75. The first-order valence-corrected chi connectivity index (χ1v) is 4.75. The topological polar surface area (TPSA) is 24.7 Å². The molecule has 0 unspecified atom stereocenters. The van der Waals surface area contributed by atoms with Gasteiger partial charge >= 0.3 is 0 Å². The van der Waals surface area contributed by atoms with Gasteiger partial charge in [-0.25, -0.2) is 0 Å². The summed E-state index contributed by atoms with van der Waals surface area (Å²) in [6, 6.07) is 0. The number of hydrogen-bond donors (Lipinski definition) is 0. The predicted molar refractivity (Wildman–Crippen MR) is 60.8 cm³/mol. The van der Waals surface area contributed by atoms with Crippen LogP contribution in [-0.4, -0.2) is 17.6 Å². The number of rotatable bonds is 2. The van der Waals surface area contributed by atoms with Gasteiger partial charge < -0.3 is 0 Å². The molecule has 0 amide bonds. The lowest BCUT2D eigenvalue weighted by atomic mass is 9.93. The van der Waals surface area contributed by atoms with Crippen molar-refractivity contribution in [3.8, 4) is 0 Å². The normalized spacial score (nSPS) is 11.4. The molecule has 2 heteroatoms. The fourth-order valence-electron chi connectivity index (χ4n) is 0.905. The minimum atomic E-state index is 0.0579. The average Bonchev–Trinajstić information content (AvgIpc) is 1.81. The van der Waals surface area contributed by atoms with E-state index in [0.29, 0.717) is 0 Å². The van der Waals surface area contributed by atoms with Crippen molar-refractivity contribution in [2.24, 2.45) is 15.4 Å². The van der Waals surface area contributed by atoms with E-state index in [0.717, 1.165) is 11.4 Å². The molecule has 2 nitrogen and oxygen atoms in total. The molecule has 0 aromatic heterocycles. The van der Waals surface area contributed by atoms with E-state index in [1.807, 2.05) is 27.7 Å². The highest BCUT2D eigenvalue weighted by Gasteiger charge is 2.22. The molecule has 0 saturated heterocycles. The Bertz CT molecular complexity index is 193. The van der Waals surface area contributed by atoms with Crippen molar-refractivity contribution >= 4 is 11.4 Å². The van der Waals surface area contributed by atoms with Crippen molar-refractivity contribution in [2.45, 2.75) is 54.6 Å². The van der Waals surface area contributed by atoms with Gasteiger partial charge in [-0.05, 0) is 27.7 Å².